The molecule has 1 aliphatic rings. The SMILES string of the molecule is CC(NC(=O)OC(C)(C)C)C(C)C(=O)C1CCC1. The van der Waals surface area contributed by atoms with Gasteiger partial charge in [-0.15, -0.1) is 0 Å². The number of nitrogens with one attached hydrogen (secondary N) is 1. The van der Waals surface area contributed by atoms with Crippen LogP contribution in [0.5, 0.6) is 0 Å². The summed E-state index contributed by atoms with van der Waals surface area (Å²) in [6.07, 6.45) is 2.70. The Balaban J connectivity index is 2.41. The summed E-state index contributed by atoms with van der Waals surface area (Å²) >= 11 is 0. The van der Waals surface area contributed by atoms with Gasteiger partial charge in [0, 0.05) is 17.9 Å². The molecule has 1 amide bonds. The fourth-order valence-corrected chi connectivity index (χ4v) is 1.93. The van der Waals surface area contributed by atoms with Crippen molar-refractivity contribution in [1.82, 2.24) is 5.32 Å². The van der Waals surface area contributed by atoms with Gasteiger partial charge in [-0.25, -0.2) is 4.79 Å². The van der Waals surface area contributed by atoms with E-state index in [1.807, 2.05) is 34.6 Å². The molecule has 0 aliphatic heterocycles. The Morgan fingerprint density at radius 1 is 1.22 bits per heavy atom. The van der Waals surface area contributed by atoms with Gasteiger partial charge in [-0.05, 0) is 40.5 Å². The molecule has 0 bridgehead atoms. The second-order valence-corrected chi connectivity index (χ2v) is 6.25. The zero-order valence-corrected chi connectivity index (χ0v) is 12.1. The highest BCUT2D eigenvalue weighted by atomic mass is 16.6. The van der Waals surface area contributed by atoms with E-state index in [0.29, 0.717) is 0 Å². The number of alkyl carbamates (subject to hydrolysis) is 1. The fraction of sp³-hybridized carbons (Fsp3) is 0.857. The molecule has 0 aromatic heterocycles. The molecular formula is C14H25NO3. The van der Waals surface area contributed by atoms with Crippen molar-refractivity contribution in [2.24, 2.45) is 11.8 Å². The summed E-state index contributed by atoms with van der Waals surface area (Å²) in [5, 5.41) is 2.74. The van der Waals surface area contributed by atoms with Crippen LogP contribution in [0.1, 0.15) is 53.9 Å². The maximum Gasteiger partial charge on any atom is 0.407 e. The summed E-state index contributed by atoms with van der Waals surface area (Å²) in [4.78, 5) is 23.6. The van der Waals surface area contributed by atoms with Gasteiger partial charge in [-0.3, -0.25) is 4.79 Å². The van der Waals surface area contributed by atoms with Gasteiger partial charge < -0.3 is 10.1 Å². The summed E-state index contributed by atoms with van der Waals surface area (Å²) in [6, 6.07) is -0.187. The highest BCUT2D eigenvalue weighted by Gasteiger charge is 2.32. The number of ketones is 1. The van der Waals surface area contributed by atoms with Crippen LogP contribution in [-0.4, -0.2) is 23.5 Å². The van der Waals surface area contributed by atoms with Crippen molar-refractivity contribution < 1.29 is 14.3 Å². The Bertz CT molecular complexity index is 315. The zero-order valence-electron chi connectivity index (χ0n) is 12.1. The van der Waals surface area contributed by atoms with Gasteiger partial charge in [-0.2, -0.15) is 0 Å². The zero-order chi connectivity index (χ0) is 13.9. The van der Waals surface area contributed by atoms with Crippen LogP contribution in [0.25, 0.3) is 0 Å². The largest absolute Gasteiger partial charge is 0.444 e. The van der Waals surface area contributed by atoms with Crippen molar-refractivity contribution in [1.29, 1.82) is 0 Å². The third-order valence-electron chi connectivity index (χ3n) is 3.45. The van der Waals surface area contributed by atoms with Gasteiger partial charge in [0.15, 0.2) is 0 Å². The van der Waals surface area contributed by atoms with Crippen LogP contribution < -0.4 is 5.32 Å². The molecule has 2 unspecified atom stereocenters. The van der Waals surface area contributed by atoms with Gasteiger partial charge >= 0.3 is 6.09 Å². The van der Waals surface area contributed by atoms with Crippen LogP contribution in [0, 0.1) is 11.8 Å². The van der Waals surface area contributed by atoms with E-state index in [-0.39, 0.29) is 23.7 Å². The smallest absolute Gasteiger partial charge is 0.407 e. The van der Waals surface area contributed by atoms with E-state index < -0.39 is 11.7 Å². The van der Waals surface area contributed by atoms with E-state index in [0.717, 1.165) is 19.3 Å². The van der Waals surface area contributed by atoms with Crippen LogP contribution in [0.4, 0.5) is 4.79 Å². The molecule has 0 spiro atoms. The number of Topliss-reactive ketones (excluding diaryl/α,β-unsaturated/α-hetero) is 1. The summed E-state index contributed by atoms with van der Waals surface area (Å²) in [6.45, 7) is 9.19. The number of rotatable bonds is 4. The molecule has 0 aromatic carbocycles. The average Bonchev–Trinajstić information content (AvgIpc) is 2.10. The summed E-state index contributed by atoms with van der Waals surface area (Å²) < 4.78 is 5.18. The van der Waals surface area contributed by atoms with Gasteiger partial charge in [0.25, 0.3) is 0 Å². The van der Waals surface area contributed by atoms with Crippen molar-refractivity contribution in [2.75, 3.05) is 0 Å². The number of carbonyl (C=O) groups excluding carboxylic acids is 2. The maximum atomic E-state index is 12.0. The van der Waals surface area contributed by atoms with Crippen LogP contribution in [0.15, 0.2) is 0 Å². The lowest BCUT2D eigenvalue weighted by Gasteiger charge is -2.30. The minimum Gasteiger partial charge on any atom is -0.444 e. The van der Waals surface area contributed by atoms with E-state index in [1.165, 1.54) is 0 Å². The van der Waals surface area contributed by atoms with E-state index in [2.05, 4.69) is 5.32 Å². The normalized spacial score (nSPS) is 19.6. The quantitative estimate of drug-likeness (QED) is 0.840. The number of hydrogen-bond acceptors (Lipinski definition) is 3. The van der Waals surface area contributed by atoms with Crippen LogP contribution in [0.2, 0.25) is 0 Å². The second-order valence-electron chi connectivity index (χ2n) is 6.25. The van der Waals surface area contributed by atoms with Gasteiger partial charge in [-0.1, -0.05) is 13.3 Å². The molecule has 1 fully saturated rings. The molecule has 4 nitrogen and oxygen atoms in total. The molecule has 2 atom stereocenters. The average molecular weight is 255 g/mol. The first-order chi connectivity index (χ1) is 8.20. The monoisotopic (exact) mass is 255 g/mol. The van der Waals surface area contributed by atoms with Gasteiger partial charge in [0.1, 0.15) is 11.4 Å². The molecule has 0 saturated heterocycles. The molecular weight excluding hydrogens is 230 g/mol. The van der Waals surface area contributed by atoms with Gasteiger partial charge in [0.05, 0.1) is 0 Å². The minimum atomic E-state index is -0.509. The third kappa shape index (κ3) is 4.31. The van der Waals surface area contributed by atoms with Crippen molar-refractivity contribution in [3.05, 3.63) is 0 Å². The van der Waals surface area contributed by atoms with E-state index in [4.69, 9.17) is 4.74 Å². The molecule has 0 radical (unpaired) electrons. The van der Waals surface area contributed by atoms with Gasteiger partial charge in [0.2, 0.25) is 0 Å². The summed E-state index contributed by atoms with van der Waals surface area (Å²) in [5.41, 5.74) is -0.509. The molecule has 0 heterocycles. The molecule has 18 heavy (non-hydrogen) atoms. The molecule has 0 aromatic rings. The van der Waals surface area contributed by atoms with Crippen molar-refractivity contribution >= 4 is 11.9 Å². The topological polar surface area (TPSA) is 55.4 Å². The van der Waals surface area contributed by atoms with E-state index >= 15 is 0 Å². The highest BCUT2D eigenvalue weighted by molar-refractivity contribution is 5.85. The highest BCUT2D eigenvalue weighted by Crippen LogP contribution is 2.30. The minimum absolute atomic E-state index is 0.150. The molecule has 1 aliphatic carbocycles. The predicted molar refractivity (Wildman–Crippen MR) is 70.3 cm³/mol. The first-order valence-electron chi connectivity index (χ1n) is 6.74. The first-order valence-corrected chi connectivity index (χ1v) is 6.74. The van der Waals surface area contributed by atoms with Crippen LogP contribution in [0.3, 0.4) is 0 Å². The Labute approximate surface area is 109 Å². The lowest BCUT2D eigenvalue weighted by atomic mass is 9.77. The van der Waals surface area contributed by atoms with Crippen LogP contribution >= 0.6 is 0 Å². The van der Waals surface area contributed by atoms with Crippen molar-refractivity contribution in [2.45, 2.75) is 65.5 Å². The summed E-state index contributed by atoms with van der Waals surface area (Å²) in [5.74, 6) is 0.329. The second kappa shape index (κ2) is 5.72. The molecule has 104 valence electrons. The number of ether oxygens (including phenoxy) is 1. The predicted octanol–water partition coefficient (Wildman–Crippen LogP) is 2.90. The number of amides is 1. The van der Waals surface area contributed by atoms with E-state index in [1.54, 1.807) is 0 Å². The Morgan fingerprint density at radius 3 is 2.17 bits per heavy atom. The molecule has 1 saturated carbocycles. The van der Waals surface area contributed by atoms with Crippen molar-refractivity contribution in [3.8, 4) is 0 Å². The standard InChI is InChI=1S/C14H25NO3/c1-9(12(16)11-7-6-8-11)10(2)15-13(17)18-14(3,4)5/h9-11H,6-8H2,1-5H3,(H,15,17). The Hall–Kier alpha value is -1.06. The number of hydrogen-bond donors (Lipinski definition) is 1. The Kier molecular flexibility index (Phi) is 4.77. The van der Waals surface area contributed by atoms with Crippen molar-refractivity contribution in [3.63, 3.8) is 0 Å². The first kappa shape index (κ1) is 15.0. The Morgan fingerprint density at radius 2 is 1.78 bits per heavy atom. The molecule has 1 N–H and O–H groups in total. The fourth-order valence-electron chi connectivity index (χ4n) is 1.93. The maximum absolute atomic E-state index is 12.0. The lowest BCUT2D eigenvalue weighted by Crippen LogP contribution is -2.44. The summed E-state index contributed by atoms with van der Waals surface area (Å²) in [7, 11) is 0. The molecule has 4 heteroatoms. The molecule has 1 rings (SSSR count). The third-order valence-corrected chi connectivity index (χ3v) is 3.45. The van der Waals surface area contributed by atoms with Crippen LogP contribution in [-0.2, 0) is 9.53 Å². The number of carbonyl (C=O) groups is 2. The lowest BCUT2D eigenvalue weighted by molar-refractivity contribution is -0.129. The van der Waals surface area contributed by atoms with E-state index in [9.17, 15) is 9.59 Å².